The minimum atomic E-state index is -0.633. The highest BCUT2D eigenvalue weighted by atomic mass is 19.1. The Kier molecular flexibility index (Phi) is 3.94. The van der Waals surface area contributed by atoms with Crippen LogP contribution in [0.15, 0.2) is 12.3 Å². The van der Waals surface area contributed by atoms with Gasteiger partial charge in [0.15, 0.2) is 0 Å². The van der Waals surface area contributed by atoms with E-state index in [9.17, 15) is 14.0 Å². The molecule has 6 nitrogen and oxygen atoms in total. The van der Waals surface area contributed by atoms with Crippen LogP contribution < -0.4 is 16.4 Å². The molecule has 1 aromatic heterocycles. The summed E-state index contributed by atoms with van der Waals surface area (Å²) in [5, 5.41) is 5.31. The lowest BCUT2D eigenvalue weighted by molar-refractivity contribution is -0.121. The van der Waals surface area contributed by atoms with Crippen molar-refractivity contribution in [3.8, 4) is 0 Å². The van der Waals surface area contributed by atoms with Crippen LogP contribution in [0.3, 0.4) is 0 Å². The second kappa shape index (κ2) is 5.64. The molecule has 2 amide bonds. The van der Waals surface area contributed by atoms with Gasteiger partial charge >= 0.3 is 0 Å². The number of nitrogen functional groups attached to an aromatic ring is 1. The Morgan fingerprint density at radius 3 is 2.89 bits per heavy atom. The molecule has 102 valence electrons. The van der Waals surface area contributed by atoms with Crippen molar-refractivity contribution in [1.29, 1.82) is 0 Å². The second-order valence-electron chi connectivity index (χ2n) is 4.43. The van der Waals surface area contributed by atoms with Crippen molar-refractivity contribution in [2.75, 3.05) is 12.3 Å². The summed E-state index contributed by atoms with van der Waals surface area (Å²) in [5.74, 6) is -1.32. The van der Waals surface area contributed by atoms with Crippen LogP contribution in [0.1, 0.15) is 29.6 Å². The normalized spacial score (nSPS) is 13.9. The van der Waals surface area contributed by atoms with E-state index in [1.165, 1.54) is 0 Å². The fraction of sp³-hybridized carbons (Fsp3) is 0.417. The molecular weight excluding hydrogens is 251 g/mol. The first-order valence-electron chi connectivity index (χ1n) is 6.05. The van der Waals surface area contributed by atoms with E-state index in [0.717, 1.165) is 25.1 Å². The standard InChI is InChI=1S/C12H15FN4O2/c13-7-5-9(11(14)16-6-7)12(19)15-4-3-10(18)17-8-1-2-8/h5-6,8H,1-4H2,(H2,14,16)(H,15,19)(H,17,18). The van der Waals surface area contributed by atoms with Crippen LogP contribution in [-0.4, -0.2) is 29.4 Å². The number of carbonyl (C=O) groups is 2. The average Bonchev–Trinajstić information content (AvgIpc) is 3.16. The van der Waals surface area contributed by atoms with Crippen molar-refractivity contribution in [1.82, 2.24) is 15.6 Å². The van der Waals surface area contributed by atoms with Crippen molar-refractivity contribution in [2.45, 2.75) is 25.3 Å². The number of nitrogens with one attached hydrogen (secondary N) is 2. The van der Waals surface area contributed by atoms with E-state index in [4.69, 9.17) is 5.73 Å². The molecule has 0 bridgehead atoms. The zero-order chi connectivity index (χ0) is 13.8. The Balaban J connectivity index is 1.80. The van der Waals surface area contributed by atoms with Gasteiger partial charge < -0.3 is 16.4 Å². The van der Waals surface area contributed by atoms with E-state index in [0.29, 0.717) is 6.04 Å². The summed E-state index contributed by atoms with van der Waals surface area (Å²) >= 11 is 0. The van der Waals surface area contributed by atoms with E-state index in [2.05, 4.69) is 15.6 Å². The van der Waals surface area contributed by atoms with Gasteiger partial charge in [0.05, 0.1) is 11.8 Å². The second-order valence-corrected chi connectivity index (χ2v) is 4.43. The summed E-state index contributed by atoms with van der Waals surface area (Å²) in [4.78, 5) is 26.6. The van der Waals surface area contributed by atoms with E-state index in [-0.39, 0.29) is 30.3 Å². The van der Waals surface area contributed by atoms with Gasteiger partial charge in [-0.15, -0.1) is 0 Å². The molecule has 0 aliphatic heterocycles. The number of hydrogen-bond acceptors (Lipinski definition) is 4. The van der Waals surface area contributed by atoms with Gasteiger partial charge in [-0.3, -0.25) is 9.59 Å². The largest absolute Gasteiger partial charge is 0.383 e. The maximum absolute atomic E-state index is 12.9. The van der Waals surface area contributed by atoms with Crippen LogP contribution in [0.2, 0.25) is 0 Å². The SMILES string of the molecule is Nc1ncc(F)cc1C(=O)NCCC(=O)NC1CC1. The molecule has 0 saturated heterocycles. The van der Waals surface area contributed by atoms with Gasteiger partial charge in [-0.05, 0) is 18.9 Å². The van der Waals surface area contributed by atoms with Crippen molar-refractivity contribution >= 4 is 17.6 Å². The number of anilines is 1. The number of carbonyl (C=O) groups excluding carboxylic acids is 2. The van der Waals surface area contributed by atoms with Gasteiger partial charge in [-0.1, -0.05) is 0 Å². The predicted molar refractivity (Wildman–Crippen MR) is 66.7 cm³/mol. The molecular formula is C12H15FN4O2. The highest BCUT2D eigenvalue weighted by molar-refractivity contribution is 5.98. The third kappa shape index (κ3) is 3.90. The monoisotopic (exact) mass is 266 g/mol. The van der Waals surface area contributed by atoms with E-state index < -0.39 is 11.7 Å². The maximum atomic E-state index is 12.9. The summed E-state index contributed by atoms with van der Waals surface area (Å²) in [6, 6.07) is 1.31. The summed E-state index contributed by atoms with van der Waals surface area (Å²) in [6.07, 6.45) is 3.16. The average molecular weight is 266 g/mol. The quantitative estimate of drug-likeness (QED) is 0.709. The smallest absolute Gasteiger partial charge is 0.255 e. The third-order valence-electron chi connectivity index (χ3n) is 2.71. The maximum Gasteiger partial charge on any atom is 0.255 e. The zero-order valence-electron chi connectivity index (χ0n) is 10.3. The van der Waals surface area contributed by atoms with Crippen LogP contribution in [0.5, 0.6) is 0 Å². The molecule has 0 unspecified atom stereocenters. The number of nitrogens with two attached hydrogens (primary N) is 1. The highest BCUT2D eigenvalue weighted by Gasteiger charge is 2.22. The summed E-state index contributed by atoms with van der Waals surface area (Å²) in [7, 11) is 0. The van der Waals surface area contributed by atoms with Gasteiger partial charge in [0, 0.05) is 19.0 Å². The molecule has 1 saturated carbocycles. The number of aromatic nitrogens is 1. The third-order valence-corrected chi connectivity index (χ3v) is 2.71. The van der Waals surface area contributed by atoms with Crippen LogP contribution in [0.25, 0.3) is 0 Å². The summed E-state index contributed by atoms with van der Waals surface area (Å²) in [5.41, 5.74) is 5.45. The van der Waals surface area contributed by atoms with Crippen molar-refractivity contribution in [3.05, 3.63) is 23.6 Å². The summed E-state index contributed by atoms with van der Waals surface area (Å²) in [6.45, 7) is 0.174. The van der Waals surface area contributed by atoms with Gasteiger partial charge in [-0.25, -0.2) is 9.37 Å². The molecule has 1 aliphatic rings. The Bertz CT molecular complexity index is 503. The predicted octanol–water partition coefficient (Wildman–Crippen LogP) is 0.201. The van der Waals surface area contributed by atoms with Crippen LogP contribution in [-0.2, 0) is 4.79 Å². The first kappa shape index (κ1) is 13.3. The zero-order valence-corrected chi connectivity index (χ0v) is 10.3. The minimum absolute atomic E-state index is 0.0254. The minimum Gasteiger partial charge on any atom is -0.383 e. The van der Waals surface area contributed by atoms with Crippen molar-refractivity contribution < 1.29 is 14.0 Å². The molecule has 1 fully saturated rings. The fourth-order valence-corrected chi connectivity index (χ4v) is 1.54. The van der Waals surface area contributed by atoms with E-state index in [1.54, 1.807) is 0 Å². The number of hydrogen-bond donors (Lipinski definition) is 3. The van der Waals surface area contributed by atoms with E-state index >= 15 is 0 Å². The van der Waals surface area contributed by atoms with Gasteiger partial charge in [0.1, 0.15) is 11.6 Å². The molecule has 1 aromatic rings. The Morgan fingerprint density at radius 1 is 1.47 bits per heavy atom. The topological polar surface area (TPSA) is 97.1 Å². The molecule has 1 heterocycles. The van der Waals surface area contributed by atoms with Crippen molar-refractivity contribution in [2.24, 2.45) is 0 Å². The number of rotatable bonds is 5. The molecule has 7 heteroatoms. The number of amides is 2. The molecule has 2 rings (SSSR count). The van der Waals surface area contributed by atoms with Crippen molar-refractivity contribution in [3.63, 3.8) is 0 Å². The van der Waals surface area contributed by atoms with Gasteiger partial charge in [0.25, 0.3) is 5.91 Å². The molecule has 0 radical (unpaired) electrons. The number of nitrogens with zero attached hydrogens (tertiary/aromatic N) is 1. The van der Waals surface area contributed by atoms with E-state index in [1.807, 2.05) is 0 Å². The fourth-order valence-electron chi connectivity index (χ4n) is 1.54. The molecule has 1 aliphatic carbocycles. The van der Waals surface area contributed by atoms with Gasteiger partial charge in [0.2, 0.25) is 5.91 Å². The molecule has 4 N–H and O–H groups in total. The number of halogens is 1. The Hall–Kier alpha value is -2.18. The number of pyridine rings is 1. The van der Waals surface area contributed by atoms with Crippen LogP contribution >= 0.6 is 0 Å². The lowest BCUT2D eigenvalue weighted by atomic mass is 10.2. The van der Waals surface area contributed by atoms with Crippen LogP contribution in [0, 0.1) is 5.82 Å². The van der Waals surface area contributed by atoms with Crippen LogP contribution in [0.4, 0.5) is 10.2 Å². The lowest BCUT2D eigenvalue weighted by Gasteiger charge is -2.07. The Labute approximate surface area is 109 Å². The molecule has 19 heavy (non-hydrogen) atoms. The molecule has 0 aromatic carbocycles. The molecule has 0 atom stereocenters. The van der Waals surface area contributed by atoms with Gasteiger partial charge in [-0.2, -0.15) is 0 Å². The molecule has 0 spiro atoms. The first-order chi connectivity index (χ1) is 9.06. The highest BCUT2D eigenvalue weighted by Crippen LogP contribution is 2.18. The Morgan fingerprint density at radius 2 is 2.21 bits per heavy atom. The lowest BCUT2D eigenvalue weighted by Crippen LogP contribution is -2.32. The summed E-state index contributed by atoms with van der Waals surface area (Å²) < 4.78 is 12.9. The first-order valence-corrected chi connectivity index (χ1v) is 6.05.